The van der Waals surface area contributed by atoms with Crippen molar-refractivity contribution in [1.29, 1.82) is 0 Å². The van der Waals surface area contributed by atoms with Gasteiger partial charge in [-0.1, -0.05) is 13.0 Å². The molecule has 0 aliphatic rings. The zero-order chi connectivity index (χ0) is 15.2. The average molecular weight is 351 g/mol. The summed E-state index contributed by atoms with van der Waals surface area (Å²) in [5.74, 6) is -0.189. The van der Waals surface area contributed by atoms with E-state index in [9.17, 15) is 4.39 Å². The molecule has 1 unspecified atom stereocenters. The third-order valence-corrected chi connectivity index (χ3v) is 3.89. The Labute approximate surface area is 133 Å². The molecule has 112 valence electrons. The van der Waals surface area contributed by atoms with Gasteiger partial charge in [-0.25, -0.2) is 4.39 Å². The maximum absolute atomic E-state index is 13.6. The number of halogens is 2. The van der Waals surface area contributed by atoms with Gasteiger partial charge in [0.25, 0.3) is 0 Å². The number of aryl methyl sites for hydroxylation is 1. The molecule has 0 saturated carbocycles. The molecule has 0 aliphatic carbocycles. The molecule has 0 radical (unpaired) electrons. The minimum Gasteiger partial charge on any atom is -0.310 e. The monoisotopic (exact) mass is 350 g/mol. The van der Waals surface area contributed by atoms with E-state index in [0.29, 0.717) is 0 Å². The van der Waals surface area contributed by atoms with Crippen molar-refractivity contribution in [3.63, 3.8) is 0 Å². The molecule has 2 aromatic rings. The lowest BCUT2D eigenvalue weighted by Gasteiger charge is -2.21. The molecule has 0 aliphatic heterocycles. The maximum atomic E-state index is 13.6. The highest BCUT2D eigenvalue weighted by atomic mass is 79.9. The van der Waals surface area contributed by atoms with Gasteiger partial charge in [0.15, 0.2) is 0 Å². The van der Waals surface area contributed by atoms with Crippen LogP contribution in [0.3, 0.4) is 0 Å². The molecule has 0 fully saturated rings. The highest BCUT2D eigenvalue weighted by molar-refractivity contribution is 9.10. The van der Waals surface area contributed by atoms with Crippen LogP contribution in [0.1, 0.15) is 36.1 Å². The highest BCUT2D eigenvalue weighted by Gasteiger charge is 2.15. The van der Waals surface area contributed by atoms with Crippen LogP contribution in [0.25, 0.3) is 0 Å². The van der Waals surface area contributed by atoms with Gasteiger partial charge in [0.05, 0.1) is 0 Å². The van der Waals surface area contributed by atoms with Crippen LogP contribution in [0.15, 0.2) is 41.1 Å². The predicted molar refractivity (Wildman–Crippen MR) is 87.8 cm³/mol. The molecule has 0 saturated heterocycles. The number of aromatic nitrogens is 1. The van der Waals surface area contributed by atoms with Crippen molar-refractivity contribution in [2.24, 2.45) is 0 Å². The summed E-state index contributed by atoms with van der Waals surface area (Å²) >= 11 is 3.44. The van der Waals surface area contributed by atoms with Crippen LogP contribution in [0.5, 0.6) is 0 Å². The third-order valence-electron chi connectivity index (χ3n) is 3.46. The number of hydrogen-bond acceptors (Lipinski definition) is 2. The largest absolute Gasteiger partial charge is 0.310 e. The Morgan fingerprint density at radius 1 is 1.29 bits per heavy atom. The van der Waals surface area contributed by atoms with Crippen molar-refractivity contribution in [1.82, 2.24) is 10.3 Å². The molecular formula is C17H20BrFN2. The number of nitrogens with zero attached hydrogens (tertiary/aromatic N) is 1. The molecule has 1 N–H and O–H groups in total. The summed E-state index contributed by atoms with van der Waals surface area (Å²) in [5, 5.41) is 3.51. The number of rotatable bonds is 6. The van der Waals surface area contributed by atoms with Crippen LogP contribution < -0.4 is 5.32 Å². The normalized spacial score (nSPS) is 12.4. The minimum atomic E-state index is -0.189. The van der Waals surface area contributed by atoms with Gasteiger partial charge in [0, 0.05) is 22.9 Å². The van der Waals surface area contributed by atoms with Crippen LogP contribution in [0.2, 0.25) is 0 Å². The molecule has 1 aromatic heterocycles. The van der Waals surface area contributed by atoms with Crippen LogP contribution in [-0.2, 0) is 6.42 Å². The second-order valence-corrected chi connectivity index (χ2v) is 6.14. The Balaban J connectivity index is 2.27. The minimum absolute atomic E-state index is 0.0942. The molecule has 2 nitrogen and oxygen atoms in total. The second kappa shape index (κ2) is 7.66. The Morgan fingerprint density at radius 2 is 2.10 bits per heavy atom. The number of pyridine rings is 1. The first-order valence-corrected chi connectivity index (χ1v) is 7.98. The summed E-state index contributed by atoms with van der Waals surface area (Å²) < 4.78 is 14.5. The highest BCUT2D eigenvalue weighted by Crippen LogP contribution is 2.23. The van der Waals surface area contributed by atoms with Gasteiger partial charge >= 0.3 is 0 Å². The van der Waals surface area contributed by atoms with E-state index in [0.717, 1.165) is 40.5 Å². The molecule has 2 rings (SSSR count). The summed E-state index contributed by atoms with van der Waals surface area (Å²) in [4.78, 5) is 4.20. The van der Waals surface area contributed by atoms with Crippen LogP contribution in [-0.4, -0.2) is 11.5 Å². The van der Waals surface area contributed by atoms with Gasteiger partial charge < -0.3 is 5.32 Å². The van der Waals surface area contributed by atoms with E-state index in [1.54, 1.807) is 12.3 Å². The molecule has 1 heterocycles. The Morgan fingerprint density at radius 3 is 2.81 bits per heavy atom. The van der Waals surface area contributed by atoms with Gasteiger partial charge in [0.2, 0.25) is 0 Å². The first kappa shape index (κ1) is 16.1. The standard InChI is InChI=1S/C17H20BrFN2/c1-3-6-21-17(8-13-7-14(18)11-20-10-13)16-9-15(19)5-4-12(16)2/h4-5,7,9-11,17,21H,3,6,8H2,1-2H3. The Kier molecular flexibility index (Phi) is 5.88. The van der Waals surface area contributed by atoms with Gasteiger partial charge in [-0.15, -0.1) is 0 Å². The second-order valence-electron chi connectivity index (χ2n) is 5.22. The topological polar surface area (TPSA) is 24.9 Å². The van der Waals surface area contributed by atoms with Gasteiger partial charge in [-0.2, -0.15) is 0 Å². The molecule has 0 amide bonds. The number of nitrogens with one attached hydrogen (secondary N) is 1. The summed E-state index contributed by atoms with van der Waals surface area (Å²) in [5.41, 5.74) is 3.25. The summed E-state index contributed by atoms with van der Waals surface area (Å²) in [7, 11) is 0. The Hall–Kier alpha value is -1.26. The van der Waals surface area contributed by atoms with Gasteiger partial charge in [-0.05, 0) is 77.1 Å². The molecule has 4 heteroatoms. The molecule has 21 heavy (non-hydrogen) atoms. The number of benzene rings is 1. The Bertz CT molecular complexity index is 601. The van der Waals surface area contributed by atoms with E-state index in [1.807, 2.05) is 19.2 Å². The summed E-state index contributed by atoms with van der Waals surface area (Å²) in [6.45, 7) is 5.06. The summed E-state index contributed by atoms with van der Waals surface area (Å²) in [6.07, 6.45) is 5.46. The van der Waals surface area contributed by atoms with E-state index in [-0.39, 0.29) is 11.9 Å². The van der Waals surface area contributed by atoms with Crippen molar-refractivity contribution in [3.05, 3.63) is 63.6 Å². The van der Waals surface area contributed by atoms with E-state index in [1.165, 1.54) is 6.07 Å². The van der Waals surface area contributed by atoms with Gasteiger partial charge in [0.1, 0.15) is 5.82 Å². The zero-order valence-corrected chi connectivity index (χ0v) is 14.0. The summed E-state index contributed by atoms with van der Waals surface area (Å²) in [6, 6.07) is 7.13. The van der Waals surface area contributed by atoms with Crippen molar-refractivity contribution >= 4 is 15.9 Å². The molecular weight excluding hydrogens is 331 g/mol. The van der Waals surface area contributed by atoms with E-state index < -0.39 is 0 Å². The predicted octanol–water partition coefficient (Wildman–Crippen LogP) is 4.58. The fourth-order valence-electron chi connectivity index (χ4n) is 2.40. The van der Waals surface area contributed by atoms with Crippen LogP contribution >= 0.6 is 15.9 Å². The third kappa shape index (κ3) is 4.61. The lowest BCUT2D eigenvalue weighted by molar-refractivity contribution is 0.521. The van der Waals surface area contributed by atoms with Crippen LogP contribution in [0, 0.1) is 12.7 Å². The smallest absolute Gasteiger partial charge is 0.123 e. The maximum Gasteiger partial charge on any atom is 0.123 e. The van der Waals surface area contributed by atoms with Crippen molar-refractivity contribution in [2.75, 3.05) is 6.54 Å². The fraction of sp³-hybridized carbons (Fsp3) is 0.353. The van der Waals surface area contributed by atoms with Crippen molar-refractivity contribution in [3.8, 4) is 0 Å². The number of hydrogen-bond donors (Lipinski definition) is 1. The quantitative estimate of drug-likeness (QED) is 0.824. The molecule has 1 aromatic carbocycles. The lowest BCUT2D eigenvalue weighted by Crippen LogP contribution is -2.25. The zero-order valence-electron chi connectivity index (χ0n) is 12.4. The SMILES string of the molecule is CCCNC(Cc1cncc(Br)c1)c1cc(F)ccc1C. The van der Waals surface area contributed by atoms with Crippen molar-refractivity contribution < 1.29 is 4.39 Å². The first-order chi connectivity index (χ1) is 10.1. The van der Waals surface area contributed by atoms with E-state index >= 15 is 0 Å². The average Bonchev–Trinajstić information content (AvgIpc) is 2.46. The molecule has 0 bridgehead atoms. The molecule has 1 atom stereocenters. The van der Waals surface area contributed by atoms with E-state index in [4.69, 9.17) is 0 Å². The fourth-order valence-corrected chi connectivity index (χ4v) is 2.81. The van der Waals surface area contributed by atoms with Crippen LogP contribution in [0.4, 0.5) is 4.39 Å². The van der Waals surface area contributed by atoms with E-state index in [2.05, 4.69) is 39.2 Å². The lowest BCUT2D eigenvalue weighted by atomic mass is 9.95. The van der Waals surface area contributed by atoms with Gasteiger partial charge in [-0.3, -0.25) is 4.98 Å². The first-order valence-electron chi connectivity index (χ1n) is 7.19. The molecule has 0 spiro atoms. The van der Waals surface area contributed by atoms with Crippen molar-refractivity contribution in [2.45, 2.75) is 32.7 Å².